The van der Waals surface area contributed by atoms with E-state index in [1.165, 1.54) is 0 Å². The molecule has 180 valence electrons. The van der Waals surface area contributed by atoms with Gasteiger partial charge in [0.15, 0.2) is 16.4 Å². The Hall–Kier alpha value is -3.13. The molecule has 0 radical (unpaired) electrons. The van der Waals surface area contributed by atoms with Crippen molar-refractivity contribution in [2.24, 2.45) is 0 Å². The number of rotatable bonds is 7. The van der Waals surface area contributed by atoms with Crippen LogP contribution in [-0.4, -0.2) is 42.2 Å². The van der Waals surface area contributed by atoms with E-state index >= 15 is 0 Å². The second-order valence-electron chi connectivity index (χ2n) is 9.77. The Morgan fingerprint density at radius 3 is 2.50 bits per heavy atom. The van der Waals surface area contributed by atoms with Gasteiger partial charge in [-0.2, -0.15) is 5.10 Å². The number of carbonyl (C=O) groups excluding carboxylic acids is 1. The third kappa shape index (κ3) is 5.86. The molecule has 0 saturated carbocycles. The van der Waals surface area contributed by atoms with E-state index in [2.05, 4.69) is 22.5 Å². The number of carbonyl (C=O) groups is 1. The molecule has 1 aliphatic rings. The first-order chi connectivity index (χ1) is 16.1. The Labute approximate surface area is 201 Å². The number of anilines is 1. The number of hydrogen-bond acceptors (Lipinski definition) is 5. The Bertz CT molecular complexity index is 1260. The van der Waals surface area contributed by atoms with Crippen LogP contribution in [0.4, 0.5) is 5.82 Å². The molecular weight excluding hydrogens is 450 g/mol. The smallest absolute Gasteiger partial charge is 0.263 e. The normalized spacial score (nSPS) is 17.4. The maximum atomic E-state index is 12.8. The lowest BCUT2D eigenvalue weighted by Gasteiger charge is -2.16. The molecule has 1 aromatic heterocycles. The van der Waals surface area contributed by atoms with E-state index in [0.29, 0.717) is 24.4 Å². The molecular formula is C26H31N3O4S. The van der Waals surface area contributed by atoms with Crippen LogP contribution >= 0.6 is 0 Å². The first kappa shape index (κ1) is 24.0. The van der Waals surface area contributed by atoms with Crippen molar-refractivity contribution in [2.45, 2.75) is 45.1 Å². The summed E-state index contributed by atoms with van der Waals surface area (Å²) in [5.41, 5.74) is 2.71. The molecule has 1 aliphatic heterocycles. The van der Waals surface area contributed by atoms with Crippen LogP contribution in [0, 0.1) is 0 Å². The number of amides is 1. The Kier molecular flexibility index (Phi) is 6.79. The van der Waals surface area contributed by atoms with Gasteiger partial charge in [-0.05, 0) is 23.6 Å². The van der Waals surface area contributed by atoms with E-state index < -0.39 is 9.84 Å². The summed E-state index contributed by atoms with van der Waals surface area (Å²) in [4.78, 5) is 12.8. The minimum atomic E-state index is -3.09. The van der Waals surface area contributed by atoms with Gasteiger partial charge in [0.05, 0.1) is 23.2 Å². The fourth-order valence-electron chi connectivity index (χ4n) is 4.03. The number of benzene rings is 2. The van der Waals surface area contributed by atoms with Gasteiger partial charge in [0.1, 0.15) is 11.6 Å². The van der Waals surface area contributed by atoms with Crippen molar-refractivity contribution in [1.29, 1.82) is 0 Å². The number of nitrogens with one attached hydrogen (secondary N) is 1. The van der Waals surface area contributed by atoms with Crippen molar-refractivity contribution in [1.82, 2.24) is 9.78 Å². The van der Waals surface area contributed by atoms with E-state index in [4.69, 9.17) is 4.74 Å². The molecule has 7 nitrogen and oxygen atoms in total. The zero-order chi connectivity index (χ0) is 24.3. The molecule has 1 amide bonds. The van der Waals surface area contributed by atoms with Gasteiger partial charge in [-0.1, -0.05) is 69.3 Å². The zero-order valence-corrected chi connectivity index (χ0v) is 20.6. The van der Waals surface area contributed by atoms with Gasteiger partial charge in [0.25, 0.3) is 5.91 Å². The van der Waals surface area contributed by atoms with Crippen LogP contribution in [0.15, 0.2) is 60.7 Å². The van der Waals surface area contributed by atoms with E-state index in [1.807, 2.05) is 69.3 Å². The summed E-state index contributed by atoms with van der Waals surface area (Å²) in [5, 5.41) is 7.55. The number of sulfone groups is 1. The Morgan fingerprint density at radius 2 is 1.82 bits per heavy atom. The molecule has 1 N–H and O–H groups in total. The minimum absolute atomic E-state index is 0.0322. The Balaban J connectivity index is 1.47. The second-order valence-corrected chi connectivity index (χ2v) is 12.0. The van der Waals surface area contributed by atoms with Crippen molar-refractivity contribution >= 4 is 21.6 Å². The third-order valence-corrected chi connectivity index (χ3v) is 7.65. The van der Waals surface area contributed by atoms with Crippen molar-refractivity contribution in [2.75, 3.05) is 23.4 Å². The van der Waals surface area contributed by atoms with Gasteiger partial charge >= 0.3 is 0 Å². The van der Waals surface area contributed by atoms with Crippen LogP contribution in [0.5, 0.6) is 5.75 Å². The van der Waals surface area contributed by atoms with E-state index in [0.717, 1.165) is 16.8 Å². The minimum Gasteiger partial charge on any atom is -0.483 e. The van der Waals surface area contributed by atoms with Crippen LogP contribution in [-0.2, 0) is 26.5 Å². The van der Waals surface area contributed by atoms with Gasteiger partial charge in [-0.15, -0.1) is 0 Å². The Morgan fingerprint density at radius 1 is 1.12 bits per heavy atom. The first-order valence-electron chi connectivity index (χ1n) is 11.5. The lowest BCUT2D eigenvalue weighted by molar-refractivity contribution is -0.118. The largest absolute Gasteiger partial charge is 0.483 e. The number of ether oxygens (including phenoxy) is 1. The lowest BCUT2D eigenvalue weighted by atomic mass is 9.92. The fourth-order valence-corrected chi connectivity index (χ4v) is 5.72. The number of nitrogens with zero attached hydrogens (tertiary/aromatic N) is 2. The van der Waals surface area contributed by atoms with E-state index in [1.54, 1.807) is 4.68 Å². The van der Waals surface area contributed by atoms with Crippen molar-refractivity contribution in [3.8, 4) is 5.75 Å². The molecule has 8 heteroatoms. The van der Waals surface area contributed by atoms with Gasteiger partial charge in [0.2, 0.25) is 0 Å². The molecule has 1 saturated heterocycles. The number of aromatic nitrogens is 2. The predicted octanol–water partition coefficient (Wildman–Crippen LogP) is 4.15. The predicted molar refractivity (Wildman–Crippen MR) is 133 cm³/mol. The number of para-hydroxylation sites is 1. The zero-order valence-electron chi connectivity index (χ0n) is 19.8. The van der Waals surface area contributed by atoms with Gasteiger partial charge < -0.3 is 10.1 Å². The highest BCUT2D eigenvalue weighted by atomic mass is 32.2. The molecule has 0 aliphatic carbocycles. The molecule has 1 fully saturated rings. The molecule has 2 aromatic carbocycles. The van der Waals surface area contributed by atoms with E-state index in [9.17, 15) is 13.2 Å². The van der Waals surface area contributed by atoms with Crippen molar-refractivity contribution in [3.63, 3.8) is 0 Å². The molecule has 3 aromatic rings. The summed E-state index contributed by atoms with van der Waals surface area (Å²) in [7, 11) is -3.09. The van der Waals surface area contributed by atoms with Gasteiger partial charge in [-0.3, -0.25) is 4.79 Å². The monoisotopic (exact) mass is 481 g/mol. The molecule has 0 bridgehead atoms. The second kappa shape index (κ2) is 9.62. The standard InChI is InChI=1S/C26H31N3O4S/c1-26(2,3)23-16-24(29(28-23)21-13-14-34(31,32)18-21)27-25(30)17-33-22-12-8-7-11-20(22)15-19-9-5-4-6-10-19/h4-12,16,21H,13-15,17-18H2,1-3H3,(H,27,30). The maximum absolute atomic E-state index is 12.8. The lowest BCUT2D eigenvalue weighted by Crippen LogP contribution is -2.24. The topological polar surface area (TPSA) is 90.3 Å². The summed E-state index contributed by atoms with van der Waals surface area (Å²) in [6.45, 7) is 5.93. The van der Waals surface area contributed by atoms with Gasteiger partial charge in [-0.25, -0.2) is 13.1 Å². The van der Waals surface area contributed by atoms with Crippen molar-refractivity contribution in [3.05, 3.63) is 77.5 Å². The SMILES string of the molecule is CC(C)(C)c1cc(NC(=O)COc2ccccc2Cc2ccccc2)n(C2CCS(=O)(=O)C2)n1. The van der Waals surface area contributed by atoms with Crippen LogP contribution in [0.3, 0.4) is 0 Å². The first-order valence-corrected chi connectivity index (χ1v) is 13.3. The van der Waals surface area contributed by atoms with Gasteiger partial charge in [0, 0.05) is 17.9 Å². The van der Waals surface area contributed by atoms with Crippen LogP contribution < -0.4 is 10.1 Å². The highest BCUT2D eigenvalue weighted by Crippen LogP contribution is 2.31. The summed E-state index contributed by atoms with van der Waals surface area (Å²) >= 11 is 0. The molecule has 2 heterocycles. The summed E-state index contributed by atoms with van der Waals surface area (Å²) in [6, 6.07) is 19.3. The number of hydrogen-bond donors (Lipinski definition) is 1. The molecule has 1 atom stereocenters. The quantitative estimate of drug-likeness (QED) is 0.548. The highest BCUT2D eigenvalue weighted by molar-refractivity contribution is 7.91. The average Bonchev–Trinajstić information content (AvgIpc) is 3.36. The fraction of sp³-hybridized carbons (Fsp3) is 0.385. The molecule has 4 rings (SSSR count). The summed E-state index contributed by atoms with van der Waals surface area (Å²) in [5.74, 6) is 1.00. The summed E-state index contributed by atoms with van der Waals surface area (Å²) in [6.07, 6.45) is 1.19. The van der Waals surface area contributed by atoms with Crippen LogP contribution in [0.1, 0.15) is 50.1 Å². The molecule has 1 unspecified atom stereocenters. The average molecular weight is 482 g/mol. The molecule has 34 heavy (non-hydrogen) atoms. The van der Waals surface area contributed by atoms with Crippen LogP contribution in [0.25, 0.3) is 0 Å². The molecule has 0 spiro atoms. The summed E-state index contributed by atoms with van der Waals surface area (Å²) < 4.78 is 31.6. The van der Waals surface area contributed by atoms with E-state index in [-0.39, 0.29) is 35.5 Å². The third-order valence-electron chi connectivity index (χ3n) is 5.89. The van der Waals surface area contributed by atoms with Crippen LogP contribution in [0.2, 0.25) is 0 Å². The highest BCUT2D eigenvalue weighted by Gasteiger charge is 2.33. The van der Waals surface area contributed by atoms with Crippen molar-refractivity contribution < 1.29 is 17.9 Å². The maximum Gasteiger partial charge on any atom is 0.263 e.